The molecule has 3 unspecified atom stereocenters. The summed E-state index contributed by atoms with van der Waals surface area (Å²) in [7, 11) is 3.17. The Morgan fingerprint density at radius 3 is 2.65 bits per heavy atom. The number of carbonyl (C=O) groups is 2. The number of rotatable bonds is 8. The van der Waals surface area contributed by atoms with Gasteiger partial charge >= 0.3 is 0 Å². The first-order valence-electron chi connectivity index (χ1n) is 6.88. The molecule has 0 bridgehead atoms. The third-order valence-corrected chi connectivity index (χ3v) is 3.58. The normalized spacial score (nSPS) is 21.0. The van der Waals surface area contributed by atoms with Crippen LogP contribution in [0, 0.1) is 5.92 Å². The van der Waals surface area contributed by atoms with Crippen LogP contribution in [0.2, 0.25) is 0 Å². The van der Waals surface area contributed by atoms with Gasteiger partial charge in [0.25, 0.3) is 0 Å². The highest BCUT2D eigenvalue weighted by Gasteiger charge is 2.37. The molecule has 1 fully saturated rings. The number of carbonyl (C=O) groups excluding carboxylic acids is 2. The van der Waals surface area contributed by atoms with E-state index in [1.165, 1.54) is 0 Å². The minimum Gasteiger partial charge on any atom is -0.385 e. The van der Waals surface area contributed by atoms with Crippen molar-refractivity contribution in [2.24, 2.45) is 11.7 Å². The summed E-state index contributed by atoms with van der Waals surface area (Å²) in [5.74, 6) is -1.01. The molecule has 1 rings (SSSR count). The van der Waals surface area contributed by atoms with Crippen molar-refractivity contribution in [2.75, 3.05) is 33.9 Å². The minimum absolute atomic E-state index is 0.136. The Bertz CT molecular complexity index is 336. The topological polar surface area (TPSA) is 93.9 Å². The number of hydrogen-bond acceptors (Lipinski definition) is 5. The Balaban J connectivity index is 2.39. The van der Waals surface area contributed by atoms with Crippen LogP contribution in [0.25, 0.3) is 0 Å². The third-order valence-electron chi connectivity index (χ3n) is 3.58. The Hall–Kier alpha value is -1.18. The van der Waals surface area contributed by atoms with E-state index in [0.29, 0.717) is 19.7 Å². The second-order valence-corrected chi connectivity index (χ2v) is 4.96. The molecule has 1 saturated heterocycles. The first kappa shape index (κ1) is 16.9. The summed E-state index contributed by atoms with van der Waals surface area (Å²) in [6.45, 7) is 3.40. The Morgan fingerprint density at radius 2 is 2.15 bits per heavy atom. The van der Waals surface area contributed by atoms with E-state index in [9.17, 15) is 9.59 Å². The van der Waals surface area contributed by atoms with E-state index in [2.05, 4.69) is 5.32 Å². The lowest BCUT2D eigenvalue weighted by atomic mass is 9.98. The van der Waals surface area contributed by atoms with Crippen LogP contribution < -0.4 is 11.1 Å². The standard InChI is InChI=1S/C13H25N3O4/c1-9(13(18)16-7-5-10(16)20-3)11(14)12(17)15-6-4-8-19-2/h9-11H,4-8,14H2,1-3H3,(H,15,17). The van der Waals surface area contributed by atoms with Crippen LogP contribution in [0.4, 0.5) is 0 Å². The summed E-state index contributed by atoms with van der Waals surface area (Å²) in [5.41, 5.74) is 5.85. The predicted molar refractivity (Wildman–Crippen MR) is 73.8 cm³/mol. The maximum Gasteiger partial charge on any atom is 0.237 e. The summed E-state index contributed by atoms with van der Waals surface area (Å²) >= 11 is 0. The highest BCUT2D eigenvalue weighted by Crippen LogP contribution is 2.21. The monoisotopic (exact) mass is 287 g/mol. The molecule has 3 N–H and O–H groups in total. The van der Waals surface area contributed by atoms with Gasteiger partial charge in [-0.2, -0.15) is 0 Å². The zero-order valence-electron chi connectivity index (χ0n) is 12.4. The van der Waals surface area contributed by atoms with E-state index < -0.39 is 12.0 Å². The molecule has 0 aromatic heterocycles. The molecule has 20 heavy (non-hydrogen) atoms. The zero-order chi connectivity index (χ0) is 15.1. The molecule has 0 aromatic rings. The highest BCUT2D eigenvalue weighted by molar-refractivity contribution is 5.90. The maximum atomic E-state index is 12.2. The molecule has 7 heteroatoms. The molecule has 0 spiro atoms. The molecule has 0 radical (unpaired) electrons. The van der Waals surface area contributed by atoms with Crippen molar-refractivity contribution in [3.8, 4) is 0 Å². The van der Waals surface area contributed by atoms with Crippen LogP contribution in [0.3, 0.4) is 0 Å². The van der Waals surface area contributed by atoms with Gasteiger partial charge in [-0.3, -0.25) is 9.59 Å². The summed E-state index contributed by atoms with van der Waals surface area (Å²) in [6, 6.07) is -0.844. The van der Waals surface area contributed by atoms with E-state index in [1.807, 2.05) is 0 Å². The molecule has 3 atom stereocenters. The Labute approximate surface area is 119 Å². The van der Waals surface area contributed by atoms with Crippen LogP contribution in [0.1, 0.15) is 19.8 Å². The summed E-state index contributed by atoms with van der Waals surface area (Å²) in [5, 5.41) is 2.71. The SMILES string of the molecule is COCCCNC(=O)C(N)C(C)C(=O)N1CCC1OC. The van der Waals surface area contributed by atoms with Gasteiger partial charge in [0.2, 0.25) is 11.8 Å². The number of likely N-dealkylation sites (tertiary alicyclic amines) is 1. The van der Waals surface area contributed by atoms with Gasteiger partial charge in [-0.1, -0.05) is 6.92 Å². The number of nitrogens with two attached hydrogens (primary N) is 1. The molecular formula is C13H25N3O4. The van der Waals surface area contributed by atoms with Gasteiger partial charge in [0.1, 0.15) is 6.23 Å². The van der Waals surface area contributed by atoms with Gasteiger partial charge in [0.05, 0.1) is 12.0 Å². The van der Waals surface area contributed by atoms with E-state index in [-0.39, 0.29) is 18.0 Å². The second kappa shape index (κ2) is 8.18. The number of ether oxygens (including phenoxy) is 2. The third kappa shape index (κ3) is 4.16. The van der Waals surface area contributed by atoms with Gasteiger partial charge in [-0.25, -0.2) is 0 Å². The van der Waals surface area contributed by atoms with Crippen LogP contribution in [-0.2, 0) is 19.1 Å². The lowest BCUT2D eigenvalue weighted by molar-refractivity contribution is -0.164. The molecule has 2 amide bonds. The van der Waals surface area contributed by atoms with Crippen molar-refractivity contribution in [3.63, 3.8) is 0 Å². The zero-order valence-corrected chi connectivity index (χ0v) is 12.4. The average molecular weight is 287 g/mol. The van der Waals surface area contributed by atoms with E-state index >= 15 is 0 Å². The van der Waals surface area contributed by atoms with Crippen molar-refractivity contribution >= 4 is 11.8 Å². The highest BCUT2D eigenvalue weighted by atomic mass is 16.5. The Morgan fingerprint density at radius 1 is 1.45 bits per heavy atom. The van der Waals surface area contributed by atoms with Crippen LogP contribution in [-0.4, -0.2) is 62.9 Å². The molecule has 0 aliphatic carbocycles. The number of methoxy groups -OCH3 is 2. The van der Waals surface area contributed by atoms with Crippen LogP contribution in [0.15, 0.2) is 0 Å². The minimum atomic E-state index is -0.844. The lowest BCUT2D eigenvalue weighted by Gasteiger charge is -2.41. The largest absolute Gasteiger partial charge is 0.385 e. The number of amides is 2. The smallest absolute Gasteiger partial charge is 0.237 e. The van der Waals surface area contributed by atoms with Crippen molar-refractivity contribution in [1.29, 1.82) is 0 Å². The first-order valence-corrected chi connectivity index (χ1v) is 6.88. The molecule has 0 aromatic carbocycles. The quantitative estimate of drug-likeness (QED) is 0.576. The summed E-state index contributed by atoms with van der Waals surface area (Å²) in [4.78, 5) is 25.6. The van der Waals surface area contributed by atoms with Crippen molar-refractivity contribution in [2.45, 2.75) is 32.0 Å². The summed E-state index contributed by atoms with van der Waals surface area (Å²) < 4.78 is 10.0. The fourth-order valence-corrected chi connectivity index (χ4v) is 2.05. The average Bonchev–Trinajstić information content (AvgIpc) is 2.41. The molecule has 116 valence electrons. The fourth-order valence-electron chi connectivity index (χ4n) is 2.05. The molecule has 7 nitrogen and oxygen atoms in total. The number of hydrogen-bond donors (Lipinski definition) is 2. The molecule has 0 saturated carbocycles. The fraction of sp³-hybridized carbons (Fsp3) is 0.846. The van der Waals surface area contributed by atoms with Crippen LogP contribution >= 0.6 is 0 Å². The van der Waals surface area contributed by atoms with Crippen molar-refractivity contribution < 1.29 is 19.1 Å². The predicted octanol–water partition coefficient (Wildman–Crippen LogP) is -0.693. The maximum absolute atomic E-state index is 12.2. The van der Waals surface area contributed by atoms with Gasteiger partial charge in [0, 0.05) is 40.3 Å². The van der Waals surface area contributed by atoms with E-state index in [1.54, 1.807) is 26.0 Å². The Kier molecular flexibility index (Phi) is 6.90. The number of nitrogens with one attached hydrogen (secondary N) is 1. The van der Waals surface area contributed by atoms with Crippen molar-refractivity contribution in [1.82, 2.24) is 10.2 Å². The molecule has 1 aliphatic rings. The lowest BCUT2D eigenvalue weighted by Crippen LogP contribution is -2.57. The van der Waals surface area contributed by atoms with Gasteiger partial charge in [-0.15, -0.1) is 0 Å². The van der Waals surface area contributed by atoms with Crippen molar-refractivity contribution in [3.05, 3.63) is 0 Å². The van der Waals surface area contributed by atoms with E-state index in [4.69, 9.17) is 15.2 Å². The molecule has 1 heterocycles. The first-order chi connectivity index (χ1) is 9.52. The van der Waals surface area contributed by atoms with Gasteiger partial charge in [0.15, 0.2) is 0 Å². The van der Waals surface area contributed by atoms with E-state index in [0.717, 1.165) is 12.8 Å². The van der Waals surface area contributed by atoms with Gasteiger partial charge < -0.3 is 25.4 Å². The molecule has 1 aliphatic heterocycles. The van der Waals surface area contributed by atoms with Gasteiger partial charge in [-0.05, 0) is 6.42 Å². The van der Waals surface area contributed by atoms with Crippen LogP contribution in [0.5, 0.6) is 0 Å². The molecular weight excluding hydrogens is 262 g/mol. The number of nitrogens with zero attached hydrogens (tertiary/aromatic N) is 1. The summed E-state index contributed by atoms with van der Waals surface area (Å²) in [6.07, 6.45) is 1.37. The second-order valence-electron chi connectivity index (χ2n) is 4.96.